The lowest BCUT2D eigenvalue weighted by molar-refractivity contribution is 0.0441. The Labute approximate surface area is 100 Å². The summed E-state index contributed by atoms with van der Waals surface area (Å²) in [5.41, 5.74) is 0. The second-order valence-corrected chi connectivity index (χ2v) is 5.57. The zero-order valence-corrected chi connectivity index (χ0v) is 11.1. The van der Waals surface area contributed by atoms with Gasteiger partial charge in [0.1, 0.15) is 0 Å². The van der Waals surface area contributed by atoms with E-state index in [0.29, 0.717) is 6.04 Å². The van der Waals surface area contributed by atoms with Gasteiger partial charge in [-0.05, 0) is 33.9 Å². The van der Waals surface area contributed by atoms with Crippen molar-refractivity contribution in [3.05, 3.63) is 0 Å². The van der Waals surface area contributed by atoms with Crippen molar-refractivity contribution in [2.75, 3.05) is 33.7 Å². The molecule has 1 saturated heterocycles. The smallest absolute Gasteiger partial charge is 0.0250 e. The molecule has 2 rings (SSSR count). The minimum atomic E-state index is 0.716. The maximum Gasteiger partial charge on any atom is 0.0250 e. The number of likely N-dealkylation sites (N-methyl/N-ethyl adjacent to an activating group) is 2. The van der Waals surface area contributed by atoms with Crippen molar-refractivity contribution in [2.45, 2.75) is 50.7 Å². The molecule has 1 N–H and O–H groups in total. The molecule has 94 valence electrons. The van der Waals surface area contributed by atoms with Gasteiger partial charge in [0.25, 0.3) is 0 Å². The quantitative estimate of drug-likeness (QED) is 0.760. The molecule has 16 heavy (non-hydrogen) atoms. The molecule has 1 aliphatic carbocycles. The molecule has 0 aromatic heterocycles. The fourth-order valence-electron chi connectivity index (χ4n) is 3.26. The van der Waals surface area contributed by atoms with Crippen LogP contribution in [0.3, 0.4) is 0 Å². The second-order valence-electron chi connectivity index (χ2n) is 5.57. The van der Waals surface area contributed by atoms with Crippen LogP contribution < -0.4 is 5.32 Å². The standard InChI is InChI=1S/C13H27N3/c1-11-10-16(9-8-15(11)3)13-7-5-4-6-12(13)14-2/h11-14H,4-10H2,1-3H3. The van der Waals surface area contributed by atoms with Crippen molar-refractivity contribution in [1.29, 1.82) is 0 Å². The van der Waals surface area contributed by atoms with Crippen molar-refractivity contribution in [2.24, 2.45) is 0 Å². The first kappa shape index (κ1) is 12.3. The zero-order valence-electron chi connectivity index (χ0n) is 11.1. The number of nitrogens with one attached hydrogen (secondary N) is 1. The van der Waals surface area contributed by atoms with E-state index in [4.69, 9.17) is 0 Å². The average Bonchev–Trinajstić information content (AvgIpc) is 2.32. The van der Waals surface area contributed by atoms with Crippen molar-refractivity contribution in [1.82, 2.24) is 15.1 Å². The van der Waals surface area contributed by atoms with Gasteiger partial charge in [-0.2, -0.15) is 0 Å². The van der Waals surface area contributed by atoms with Gasteiger partial charge in [0.2, 0.25) is 0 Å². The van der Waals surface area contributed by atoms with Gasteiger partial charge in [-0.3, -0.25) is 4.90 Å². The molecule has 0 bridgehead atoms. The molecule has 1 heterocycles. The Hall–Kier alpha value is -0.120. The lowest BCUT2D eigenvalue weighted by Crippen LogP contribution is -2.58. The van der Waals surface area contributed by atoms with Gasteiger partial charge < -0.3 is 10.2 Å². The van der Waals surface area contributed by atoms with E-state index in [1.807, 2.05) is 0 Å². The monoisotopic (exact) mass is 225 g/mol. The van der Waals surface area contributed by atoms with E-state index in [1.54, 1.807) is 0 Å². The largest absolute Gasteiger partial charge is 0.315 e. The van der Waals surface area contributed by atoms with Gasteiger partial charge in [-0.1, -0.05) is 12.8 Å². The molecule has 0 amide bonds. The summed E-state index contributed by atoms with van der Waals surface area (Å²) in [5, 5.41) is 3.52. The van der Waals surface area contributed by atoms with E-state index in [9.17, 15) is 0 Å². The van der Waals surface area contributed by atoms with E-state index in [-0.39, 0.29) is 0 Å². The Kier molecular flexibility index (Phi) is 4.22. The SMILES string of the molecule is CNC1CCCCC1N1CCN(C)C(C)C1. The number of hydrogen-bond donors (Lipinski definition) is 1. The van der Waals surface area contributed by atoms with Crippen LogP contribution in [0.25, 0.3) is 0 Å². The highest BCUT2D eigenvalue weighted by Crippen LogP contribution is 2.24. The summed E-state index contributed by atoms with van der Waals surface area (Å²) in [6.45, 7) is 6.08. The first-order valence-electron chi connectivity index (χ1n) is 6.84. The topological polar surface area (TPSA) is 18.5 Å². The molecular formula is C13H27N3. The Morgan fingerprint density at radius 3 is 2.56 bits per heavy atom. The lowest BCUT2D eigenvalue weighted by Gasteiger charge is -2.46. The summed E-state index contributed by atoms with van der Waals surface area (Å²) < 4.78 is 0. The number of piperazine rings is 1. The van der Waals surface area contributed by atoms with E-state index in [0.717, 1.165) is 12.1 Å². The van der Waals surface area contributed by atoms with Crippen LogP contribution in [0.5, 0.6) is 0 Å². The molecule has 3 heteroatoms. The maximum absolute atomic E-state index is 3.52. The summed E-state index contributed by atoms with van der Waals surface area (Å²) in [7, 11) is 4.38. The number of rotatable bonds is 2. The van der Waals surface area contributed by atoms with Crippen LogP contribution in [0, 0.1) is 0 Å². The van der Waals surface area contributed by atoms with Crippen molar-refractivity contribution in [3.8, 4) is 0 Å². The van der Waals surface area contributed by atoms with Crippen LogP contribution in [0.1, 0.15) is 32.6 Å². The molecule has 0 spiro atoms. The second kappa shape index (κ2) is 5.48. The summed E-state index contributed by atoms with van der Waals surface area (Å²) in [6, 6.07) is 2.23. The highest BCUT2D eigenvalue weighted by molar-refractivity contribution is 4.90. The highest BCUT2D eigenvalue weighted by Gasteiger charge is 2.32. The van der Waals surface area contributed by atoms with Gasteiger partial charge in [0.05, 0.1) is 0 Å². The van der Waals surface area contributed by atoms with Crippen LogP contribution in [0.4, 0.5) is 0 Å². The van der Waals surface area contributed by atoms with Crippen LogP contribution in [-0.2, 0) is 0 Å². The predicted octanol–water partition coefficient (Wildman–Crippen LogP) is 1.15. The third-order valence-corrected chi connectivity index (χ3v) is 4.56. The maximum atomic E-state index is 3.52. The molecule has 1 aliphatic heterocycles. The van der Waals surface area contributed by atoms with Crippen molar-refractivity contribution < 1.29 is 0 Å². The van der Waals surface area contributed by atoms with Crippen molar-refractivity contribution in [3.63, 3.8) is 0 Å². The molecule has 0 aromatic rings. The average molecular weight is 225 g/mol. The molecular weight excluding hydrogens is 198 g/mol. The minimum Gasteiger partial charge on any atom is -0.315 e. The molecule has 3 atom stereocenters. The molecule has 1 saturated carbocycles. The predicted molar refractivity (Wildman–Crippen MR) is 68.8 cm³/mol. The number of nitrogens with zero attached hydrogens (tertiary/aromatic N) is 2. The van der Waals surface area contributed by atoms with E-state index < -0.39 is 0 Å². The van der Waals surface area contributed by atoms with E-state index in [1.165, 1.54) is 45.3 Å². The molecule has 0 radical (unpaired) electrons. The summed E-state index contributed by atoms with van der Waals surface area (Å²) in [6.07, 6.45) is 5.58. The first-order chi connectivity index (χ1) is 7.72. The third-order valence-electron chi connectivity index (χ3n) is 4.56. The summed E-state index contributed by atoms with van der Waals surface area (Å²) >= 11 is 0. The van der Waals surface area contributed by atoms with Crippen LogP contribution >= 0.6 is 0 Å². The van der Waals surface area contributed by atoms with E-state index in [2.05, 4.69) is 36.1 Å². The molecule has 2 aliphatic rings. The Morgan fingerprint density at radius 2 is 1.88 bits per heavy atom. The minimum absolute atomic E-state index is 0.716. The fourth-order valence-corrected chi connectivity index (χ4v) is 3.26. The highest BCUT2D eigenvalue weighted by atomic mass is 15.3. The summed E-state index contributed by atoms with van der Waals surface area (Å²) in [5.74, 6) is 0. The van der Waals surface area contributed by atoms with Gasteiger partial charge in [0.15, 0.2) is 0 Å². The third kappa shape index (κ3) is 2.58. The van der Waals surface area contributed by atoms with Crippen LogP contribution in [0.2, 0.25) is 0 Å². The Morgan fingerprint density at radius 1 is 1.12 bits per heavy atom. The van der Waals surface area contributed by atoms with Crippen LogP contribution in [-0.4, -0.2) is 61.7 Å². The van der Waals surface area contributed by atoms with Crippen molar-refractivity contribution >= 4 is 0 Å². The Bertz CT molecular complexity index is 219. The van der Waals surface area contributed by atoms with Crippen LogP contribution in [0.15, 0.2) is 0 Å². The van der Waals surface area contributed by atoms with Gasteiger partial charge in [0, 0.05) is 37.8 Å². The first-order valence-corrected chi connectivity index (χ1v) is 6.84. The molecule has 3 unspecified atom stereocenters. The number of hydrogen-bond acceptors (Lipinski definition) is 3. The fraction of sp³-hybridized carbons (Fsp3) is 1.00. The summed E-state index contributed by atoms with van der Waals surface area (Å²) in [4.78, 5) is 5.21. The molecule has 0 aromatic carbocycles. The normalized spacial score (nSPS) is 38.8. The lowest BCUT2D eigenvalue weighted by atomic mass is 9.88. The van der Waals surface area contributed by atoms with Gasteiger partial charge in [-0.25, -0.2) is 0 Å². The van der Waals surface area contributed by atoms with E-state index >= 15 is 0 Å². The van der Waals surface area contributed by atoms with Gasteiger partial charge in [-0.15, -0.1) is 0 Å². The Balaban J connectivity index is 1.95. The van der Waals surface area contributed by atoms with Gasteiger partial charge >= 0.3 is 0 Å². The molecule has 3 nitrogen and oxygen atoms in total. The molecule has 2 fully saturated rings. The zero-order chi connectivity index (χ0) is 11.5.